The van der Waals surface area contributed by atoms with Crippen molar-refractivity contribution < 1.29 is 29.0 Å². The Morgan fingerprint density at radius 2 is 1.68 bits per heavy atom. The summed E-state index contributed by atoms with van der Waals surface area (Å²) in [5, 5.41) is 10.1. The molecule has 0 radical (unpaired) electrons. The van der Waals surface area contributed by atoms with Crippen molar-refractivity contribution in [3.8, 4) is 5.75 Å². The van der Waals surface area contributed by atoms with E-state index in [-0.39, 0.29) is 24.6 Å². The highest BCUT2D eigenvalue weighted by atomic mass is 28.3. The number of fused-ring (bicyclic) bond motifs is 2. The zero-order chi connectivity index (χ0) is 24.5. The Kier molecular flexibility index (Phi) is 7.47. The molecule has 3 aliphatic carbocycles. The third-order valence-electron chi connectivity index (χ3n) is 7.49. The van der Waals surface area contributed by atoms with Gasteiger partial charge in [-0.3, -0.25) is 19.3 Å². The molecule has 34 heavy (non-hydrogen) atoms. The number of carbonyl (C=O) groups is 3. The van der Waals surface area contributed by atoms with Gasteiger partial charge in [0.2, 0.25) is 0 Å². The van der Waals surface area contributed by atoms with Crippen molar-refractivity contribution in [1.82, 2.24) is 4.90 Å². The maximum absolute atomic E-state index is 13.4. The third kappa shape index (κ3) is 5.38. The minimum atomic E-state index is -1.39. The summed E-state index contributed by atoms with van der Waals surface area (Å²) in [5.74, 6) is -3.85. The van der Waals surface area contributed by atoms with Crippen LogP contribution in [-0.2, 0) is 23.9 Å². The summed E-state index contributed by atoms with van der Waals surface area (Å²) in [6.07, 6.45) is 3.74. The second-order valence-corrected chi connectivity index (χ2v) is 16.8. The summed E-state index contributed by atoms with van der Waals surface area (Å²) >= 11 is 0. The molecule has 8 heteroatoms. The number of phenols is 1. The SMILES string of the molecule is C[Si](C)(C)CCOC(=O)[C@@H]1C2CC(=O)[C@@H](c3cc(O)ccc32)[C@H]1C(=O)OCCN1CCCCC1. The number of carbonyl (C=O) groups excluding carboxylic acids is 3. The van der Waals surface area contributed by atoms with E-state index >= 15 is 0 Å². The van der Waals surface area contributed by atoms with E-state index in [2.05, 4.69) is 24.5 Å². The summed E-state index contributed by atoms with van der Waals surface area (Å²) in [6, 6.07) is 5.75. The molecule has 2 fully saturated rings. The van der Waals surface area contributed by atoms with E-state index in [4.69, 9.17) is 9.47 Å². The van der Waals surface area contributed by atoms with Gasteiger partial charge in [0.1, 0.15) is 18.1 Å². The lowest BCUT2D eigenvalue weighted by Crippen LogP contribution is -2.51. The molecule has 1 aromatic rings. The van der Waals surface area contributed by atoms with Gasteiger partial charge < -0.3 is 14.6 Å². The summed E-state index contributed by atoms with van der Waals surface area (Å²) in [5.41, 5.74) is 1.50. The molecule has 1 aliphatic heterocycles. The molecule has 2 bridgehead atoms. The quantitative estimate of drug-likeness (QED) is 0.441. The van der Waals surface area contributed by atoms with Crippen molar-refractivity contribution in [3.05, 3.63) is 29.3 Å². The van der Waals surface area contributed by atoms with E-state index in [9.17, 15) is 19.5 Å². The Morgan fingerprint density at radius 3 is 2.38 bits per heavy atom. The number of nitrogens with zero attached hydrogens (tertiary/aromatic N) is 1. The van der Waals surface area contributed by atoms with Crippen LogP contribution in [0.2, 0.25) is 25.7 Å². The minimum absolute atomic E-state index is 0.0468. The Labute approximate surface area is 202 Å². The number of rotatable bonds is 8. The van der Waals surface area contributed by atoms with Gasteiger partial charge in [-0.15, -0.1) is 0 Å². The van der Waals surface area contributed by atoms with Gasteiger partial charge in [-0.1, -0.05) is 32.1 Å². The van der Waals surface area contributed by atoms with E-state index in [0.717, 1.165) is 37.5 Å². The molecule has 4 aliphatic rings. The fourth-order valence-corrected chi connectivity index (χ4v) is 6.38. The van der Waals surface area contributed by atoms with Gasteiger partial charge in [-0.05, 0) is 55.2 Å². The second kappa shape index (κ2) is 10.2. The van der Waals surface area contributed by atoms with Gasteiger partial charge in [0.15, 0.2) is 0 Å². The lowest BCUT2D eigenvalue weighted by molar-refractivity contribution is -0.167. The molecule has 1 saturated carbocycles. The van der Waals surface area contributed by atoms with E-state index in [1.165, 1.54) is 6.42 Å². The zero-order valence-corrected chi connectivity index (χ0v) is 21.5. The van der Waals surface area contributed by atoms with Crippen LogP contribution in [0.4, 0.5) is 0 Å². The normalized spacial score (nSPS) is 26.7. The fourth-order valence-electron chi connectivity index (χ4n) is 5.67. The molecule has 7 nitrogen and oxygen atoms in total. The molecule has 1 saturated heterocycles. The standard InChI is InChI=1S/C26H37NO6Si/c1-34(2,3)14-13-33-25(30)23-20-16-21(29)22(19-15-17(28)7-8-18(19)20)24(23)26(31)32-12-11-27-9-5-4-6-10-27/h7-8,15,20,22-24,28H,4-6,9-14,16H2,1-3H3/t20?,22-,23-,24-/m1/s1. The summed E-state index contributed by atoms with van der Waals surface area (Å²) in [4.78, 5) is 42.0. The highest BCUT2D eigenvalue weighted by Gasteiger charge is 2.57. The van der Waals surface area contributed by atoms with Crippen LogP contribution in [0.5, 0.6) is 5.75 Å². The molecule has 5 rings (SSSR count). The topological polar surface area (TPSA) is 93.1 Å². The fraction of sp³-hybridized carbons (Fsp3) is 0.654. The van der Waals surface area contributed by atoms with Gasteiger partial charge >= 0.3 is 11.9 Å². The summed E-state index contributed by atoms with van der Waals surface area (Å²) < 4.78 is 11.4. The Balaban J connectivity index is 1.54. The third-order valence-corrected chi connectivity index (χ3v) is 9.20. The van der Waals surface area contributed by atoms with Crippen molar-refractivity contribution in [2.75, 3.05) is 32.8 Å². The van der Waals surface area contributed by atoms with Crippen molar-refractivity contribution in [2.24, 2.45) is 11.8 Å². The van der Waals surface area contributed by atoms with Crippen LogP contribution in [-0.4, -0.2) is 68.7 Å². The first-order valence-corrected chi connectivity index (χ1v) is 16.3. The van der Waals surface area contributed by atoms with Gasteiger partial charge in [0.05, 0.1) is 24.4 Å². The molecule has 1 N–H and O–H groups in total. The average molecular weight is 488 g/mol. The molecule has 4 atom stereocenters. The lowest BCUT2D eigenvalue weighted by atomic mass is 9.55. The van der Waals surface area contributed by atoms with Gasteiger partial charge in [0.25, 0.3) is 0 Å². The average Bonchev–Trinajstić information content (AvgIpc) is 2.78. The van der Waals surface area contributed by atoms with E-state index in [0.29, 0.717) is 18.7 Å². The van der Waals surface area contributed by atoms with Crippen molar-refractivity contribution in [1.29, 1.82) is 0 Å². The van der Waals surface area contributed by atoms with Crippen LogP contribution in [0.15, 0.2) is 18.2 Å². The summed E-state index contributed by atoms with van der Waals surface area (Å²) in [6.45, 7) is 9.88. The molecule has 186 valence electrons. The van der Waals surface area contributed by atoms with Crippen LogP contribution >= 0.6 is 0 Å². The Bertz CT molecular complexity index is 936. The molecule has 1 heterocycles. The van der Waals surface area contributed by atoms with Crippen LogP contribution < -0.4 is 0 Å². The van der Waals surface area contributed by atoms with Crippen molar-refractivity contribution >= 4 is 25.8 Å². The van der Waals surface area contributed by atoms with Crippen LogP contribution in [0.1, 0.15) is 48.6 Å². The second-order valence-electron chi connectivity index (χ2n) is 11.2. The molecule has 0 aromatic heterocycles. The number of likely N-dealkylation sites (tertiary alicyclic amines) is 1. The molecule has 1 unspecified atom stereocenters. The van der Waals surface area contributed by atoms with Crippen LogP contribution in [0.3, 0.4) is 0 Å². The van der Waals surface area contributed by atoms with Gasteiger partial charge in [-0.25, -0.2) is 0 Å². The highest BCUT2D eigenvalue weighted by Crippen LogP contribution is 2.55. The zero-order valence-electron chi connectivity index (χ0n) is 20.5. The number of piperidine rings is 1. The van der Waals surface area contributed by atoms with Crippen LogP contribution in [0, 0.1) is 11.8 Å². The highest BCUT2D eigenvalue weighted by molar-refractivity contribution is 6.76. The monoisotopic (exact) mass is 487 g/mol. The van der Waals surface area contributed by atoms with Gasteiger partial charge in [-0.2, -0.15) is 0 Å². The minimum Gasteiger partial charge on any atom is -0.508 e. The number of benzene rings is 1. The van der Waals surface area contributed by atoms with E-state index in [1.807, 2.05) is 0 Å². The number of aromatic hydroxyl groups is 1. The summed E-state index contributed by atoms with van der Waals surface area (Å²) in [7, 11) is -1.39. The lowest BCUT2D eigenvalue weighted by Gasteiger charge is -2.46. The van der Waals surface area contributed by atoms with Crippen LogP contribution in [0.25, 0.3) is 0 Å². The molecule has 0 spiro atoms. The Hall–Kier alpha value is -2.19. The van der Waals surface area contributed by atoms with Crippen molar-refractivity contribution in [2.45, 2.75) is 63.2 Å². The predicted octanol–water partition coefficient (Wildman–Crippen LogP) is 3.69. The first-order chi connectivity index (χ1) is 16.2. The molecule has 1 aromatic carbocycles. The number of hydrogen-bond acceptors (Lipinski definition) is 7. The molecular weight excluding hydrogens is 450 g/mol. The Morgan fingerprint density at radius 1 is 1.00 bits per heavy atom. The predicted molar refractivity (Wildman–Crippen MR) is 131 cm³/mol. The first kappa shape index (κ1) is 24.9. The number of Topliss-reactive ketones (excluding diaryl/α,β-unsaturated/α-hetero) is 1. The van der Waals surface area contributed by atoms with E-state index in [1.54, 1.807) is 18.2 Å². The van der Waals surface area contributed by atoms with Gasteiger partial charge in [0, 0.05) is 27.0 Å². The smallest absolute Gasteiger partial charge is 0.310 e. The first-order valence-electron chi connectivity index (χ1n) is 12.6. The van der Waals surface area contributed by atoms with E-state index < -0.39 is 43.7 Å². The largest absolute Gasteiger partial charge is 0.508 e. The number of esters is 2. The number of ketones is 1. The van der Waals surface area contributed by atoms with Crippen molar-refractivity contribution in [3.63, 3.8) is 0 Å². The molecule has 0 amide bonds. The number of hydrogen-bond donors (Lipinski definition) is 1. The number of ether oxygens (including phenoxy) is 2. The molecular formula is C26H37NO6Si. The number of phenolic OH excluding ortho intramolecular Hbond substituents is 1. The maximum Gasteiger partial charge on any atom is 0.310 e. The maximum atomic E-state index is 13.4.